The van der Waals surface area contributed by atoms with Crippen molar-refractivity contribution < 1.29 is 26.2 Å². The number of rotatable bonds is 2. The van der Waals surface area contributed by atoms with E-state index in [4.69, 9.17) is 0 Å². The van der Waals surface area contributed by atoms with Crippen molar-refractivity contribution in [3.8, 4) is 0 Å². The molecule has 0 unspecified atom stereocenters. The van der Waals surface area contributed by atoms with Crippen LogP contribution in [0.3, 0.4) is 0 Å². The van der Waals surface area contributed by atoms with Crippen LogP contribution in [-0.4, -0.2) is 16.1 Å². The van der Waals surface area contributed by atoms with Crippen molar-refractivity contribution in [2.75, 3.05) is 0 Å². The summed E-state index contributed by atoms with van der Waals surface area (Å²) in [5.74, 6) is 0. The molecule has 0 saturated carbocycles. The summed E-state index contributed by atoms with van der Waals surface area (Å²) in [5.41, 5.74) is 0. The van der Waals surface area contributed by atoms with Gasteiger partial charge in [0.1, 0.15) is 0 Å². The summed E-state index contributed by atoms with van der Waals surface area (Å²) in [5, 5.41) is 2.98. The van der Waals surface area contributed by atoms with Crippen LogP contribution >= 0.6 is 0 Å². The van der Waals surface area contributed by atoms with E-state index in [-0.39, 0.29) is 41.1 Å². The van der Waals surface area contributed by atoms with Crippen LogP contribution in [0.1, 0.15) is 12.8 Å². The minimum Gasteiger partial charge on any atom is -0.358 e. The van der Waals surface area contributed by atoms with E-state index < -0.39 is 16.1 Å². The third kappa shape index (κ3) is 9.81. The number of hydrogen-bond donors (Lipinski definition) is 0. The van der Waals surface area contributed by atoms with E-state index in [0.717, 1.165) is 12.8 Å². The summed E-state index contributed by atoms with van der Waals surface area (Å²) in [7, 11) is -2.01. The van der Waals surface area contributed by atoms with Gasteiger partial charge in [0.05, 0.1) is 0 Å². The maximum Gasteiger partial charge on any atom is 4.00 e. The molecule has 0 fully saturated rings. The maximum atomic E-state index is 3.36. The second-order valence-corrected chi connectivity index (χ2v) is 17.0. The van der Waals surface area contributed by atoms with Gasteiger partial charge < -0.3 is 14.9 Å². The van der Waals surface area contributed by atoms with Gasteiger partial charge in [-0.25, -0.2) is 22.5 Å². The van der Waals surface area contributed by atoms with Crippen LogP contribution in [0.25, 0.3) is 0 Å². The van der Waals surface area contributed by atoms with E-state index in [2.05, 4.69) is 75.7 Å². The van der Waals surface area contributed by atoms with Crippen molar-refractivity contribution in [1.82, 2.24) is 0 Å². The first-order valence-corrected chi connectivity index (χ1v) is 13.8. The maximum absolute atomic E-state index is 3.36. The minimum absolute atomic E-state index is 0. The van der Waals surface area contributed by atoms with Gasteiger partial charge in [-0.1, -0.05) is 39.3 Å². The Balaban J connectivity index is -0.000000270. The van der Waals surface area contributed by atoms with Gasteiger partial charge in [-0.2, -0.15) is 12.2 Å². The zero-order chi connectivity index (χ0) is 13.8. The molecule has 0 aromatic heterocycles. The van der Waals surface area contributed by atoms with Gasteiger partial charge in [0.15, 0.2) is 0 Å². The Hall–Kier alpha value is 0.277. The molecule has 21 heavy (non-hydrogen) atoms. The third-order valence-corrected chi connectivity index (χ3v) is 6.92. The summed E-state index contributed by atoms with van der Waals surface area (Å²) in [6.45, 7) is 14.1. The second-order valence-electron chi connectivity index (χ2n) is 6.89. The molecule has 3 heteroatoms. The molecule has 0 bridgehead atoms. The average molecular weight is 396 g/mol. The zero-order valence-electron chi connectivity index (χ0n) is 15.2. The van der Waals surface area contributed by atoms with Crippen molar-refractivity contribution in [3.05, 3.63) is 61.7 Å². The predicted octanol–water partition coefficient (Wildman–Crippen LogP) is 6.00. The van der Waals surface area contributed by atoms with Crippen LogP contribution in [0.15, 0.2) is 34.7 Å². The van der Waals surface area contributed by atoms with Crippen LogP contribution in [0.2, 0.25) is 39.3 Å². The van der Waals surface area contributed by atoms with E-state index in [0.29, 0.717) is 0 Å². The van der Waals surface area contributed by atoms with Crippen LogP contribution in [0.5, 0.6) is 0 Å². The quantitative estimate of drug-likeness (QED) is 0.397. The molecule has 0 saturated heterocycles. The van der Waals surface area contributed by atoms with Gasteiger partial charge in [-0.3, -0.25) is 12.2 Å². The van der Waals surface area contributed by atoms with Gasteiger partial charge in [0, 0.05) is 16.1 Å². The number of allylic oxidation sites excluding steroid dienone is 8. The van der Waals surface area contributed by atoms with E-state index in [1.54, 1.807) is 0 Å². The topological polar surface area (TPSA) is 0 Å². The van der Waals surface area contributed by atoms with Gasteiger partial charge in [-0.15, -0.1) is 12.8 Å². The molecule has 0 aromatic carbocycles. The Bertz CT molecular complexity index is 362. The molecular weight excluding hydrogens is 364 g/mol. The molecule has 0 heterocycles. The minimum atomic E-state index is -1.01. The Morgan fingerprint density at radius 1 is 0.714 bits per heavy atom. The van der Waals surface area contributed by atoms with Crippen molar-refractivity contribution in [3.63, 3.8) is 0 Å². The Labute approximate surface area is 155 Å². The van der Waals surface area contributed by atoms with Crippen molar-refractivity contribution in [2.24, 2.45) is 0 Å². The van der Waals surface area contributed by atoms with E-state index >= 15 is 0 Å². The first kappa shape index (κ1) is 26.2. The fourth-order valence-corrected chi connectivity index (χ4v) is 4.34. The average Bonchev–Trinajstić information content (AvgIpc) is 2.91. The van der Waals surface area contributed by atoms with Gasteiger partial charge >= 0.3 is 26.2 Å². The SMILES string of the molecule is C[Si](C)(C)C1=[C-]CC=C1.C[Si](C)(C)C1=[C-]CC=C1.[CH3-].[CH3-].[Zr+4]. The molecule has 0 amide bonds. The Morgan fingerprint density at radius 3 is 1.10 bits per heavy atom. The van der Waals surface area contributed by atoms with E-state index in [1.165, 1.54) is 10.4 Å². The van der Waals surface area contributed by atoms with Gasteiger partial charge in [-0.05, 0) is 0 Å². The smallest absolute Gasteiger partial charge is 0.358 e. The molecule has 0 radical (unpaired) electrons. The van der Waals surface area contributed by atoms with E-state index in [1.807, 2.05) is 0 Å². The summed E-state index contributed by atoms with van der Waals surface area (Å²) in [4.78, 5) is 0. The Morgan fingerprint density at radius 2 is 1.00 bits per heavy atom. The summed E-state index contributed by atoms with van der Waals surface area (Å²) >= 11 is 0. The molecule has 116 valence electrons. The van der Waals surface area contributed by atoms with Crippen molar-refractivity contribution in [1.29, 1.82) is 0 Å². The molecule has 0 aliphatic heterocycles. The normalized spacial score (nSPS) is 15.7. The molecule has 0 N–H and O–H groups in total. The second kappa shape index (κ2) is 10.9. The predicted molar refractivity (Wildman–Crippen MR) is 101 cm³/mol. The fraction of sp³-hybridized carbons (Fsp3) is 0.444. The van der Waals surface area contributed by atoms with Crippen LogP contribution < -0.4 is 0 Å². The van der Waals surface area contributed by atoms with Gasteiger partial charge in [0.2, 0.25) is 0 Å². The molecule has 0 atom stereocenters. The summed E-state index contributed by atoms with van der Waals surface area (Å²) in [6, 6.07) is 0. The standard InChI is InChI=1S/2C8H13Si.2CH3.Zr/c2*1-9(2,3)8-6-4-5-7-8;;;/h2*4,6H,5H2,1-3H3;2*1H3;/q4*-1;+4. The molecule has 2 rings (SSSR count). The van der Waals surface area contributed by atoms with Crippen molar-refractivity contribution in [2.45, 2.75) is 52.1 Å². The van der Waals surface area contributed by atoms with Crippen LogP contribution in [0, 0.1) is 27.0 Å². The molecule has 0 spiro atoms. The Kier molecular flexibility index (Phi) is 13.6. The van der Waals surface area contributed by atoms with Crippen LogP contribution in [0.4, 0.5) is 0 Å². The van der Waals surface area contributed by atoms with E-state index in [9.17, 15) is 0 Å². The summed E-state index contributed by atoms with van der Waals surface area (Å²) in [6.07, 6.45) is 17.6. The third-order valence-electron chi connectivity index (χ3n) is 3.01. The first-order chi connectivity index (χ1) is 8.21. The first-order valence-electron chi connectivity index (χ1n) is 6.77. The monoisotopic (exact) mass is 394 g/mol. The zero-order valence-corrected chi connectivity index (χ0v) is 19.7. The molecular formula is C18H32Si2Zr. The van der Waals surface area contributed by atoms with Crippen molar-refractivity contribution >= 4 is 16.1 Å². The van der Waals surface area contributed by atoms with Gasteiger partial charge in [0.25, 0.3) is 0 Å². The molecule has 2 aliphatic carbocycles. The van der Waals surface area contributed by atoms with Crippen LogP contribution in [-0.2, 0) is 26.2 Å². The molecule has 2 aliphatic rings. The molecule has 0 nitrogen and oxygen atoms in total. The largest absolute Gasteiger partial charge is 4.00 e. The molecule has 0 aromatic rings. The summed E-state index contributed by atoms with van der Waals surface area (Å²) < 4.78 is 0. The fourth-order valence-electron chi connectivity index (χ4n) is 1.84. The number of hydrogen-bond acceptors (Lipinski definition) is 0.